The van der Waals surface area contributed by atoms with Gasteiger partial charge in [-0.1, -0.05) is 18.5 Å². The van der Waals surface area contributed by atoms with E-state index in [9.17, 15) is 19.6 Å². The Balaban J connectivity index is 2.97. The third-order valence-corrected chi connectivity index (χ3v) is 2.49. The maximum absolute atomic E-state index is 11.6. The van der Waals surface area contributed by atoms with Crippen molar-refractivity contribution in [3.05, 3.63) is 49.8 Å². The molecule has 0 unspecified atom stereocenters. The zero-order valence-electron chi connectivity index (χ0n) is 11.1. The van der Waals surface area contributed by atoms with Crippen LogP contribution in [-0.4, -0.2) is 27.8 Å². The fourth-order valence-electron chi connectivity index (χ4n) is 1.53. The fourth-order valence-corrected chi connectivity index (χ4v) is 1.53. The van der Waals surface area contributed by atoms with Crippen LogP contribution in [0.3, 0.4) is 0 Å². The van der Waals surface area contributed by atoms with Crippen molar-refractivity contribution in [2.75, 3.05) is 13.2 Å². The third kappa shape index (κ3) is 4.47. The normalized spacial score (nSPS) is 13.0. The summed E-state index contributed by atoms with van der Waals surface area (Å²) in [5.74, 6) is 0.277. The highest BCUT2D eigenvalue weighted by molar-refractivity contribution is 4.96. The van der Waals surface area contributed by atoms with Crippen molar-refractivity contribution in [2.45, 2.75) is 26.0 Å². The van der Waals surface area contributed by atoms with E-state index in [-0.39, 0.29) is 12.3 Å². The van der Waals surface area contributed by atoms with E-state index in [2.05, 4.69) is 10.2 Å². The molecule has 0 saturated carbocycles. The van der Waals surface area contributed by atoms with Gasteiger partial charge in [0.25, 0.3) is 5.56 Å². The number of hydrogen-bond acceptors (Lipinski definition) is 6. The lowest BCUT2D eigenvalue weighted by Gasteiger charge is -2.19. The van der Waals surface area contributed by atoms with Crippen molar-refractivity contribution < 1.29 is 9.84 Å². The molecule has 0 aliphatic heterocycles. The SMILES string of the molecule is CCC/C=C(/CN=O)O[C@H](CO)n1ccc(=O)[nH]c1=O. The molecule has 0 bridgehead atoms. The number of nitrogens with zero attached hydrogens (tertiary/aromatic N) is 2. The molecule has 0 aliphatic carbocycles. The minimum Gasteiger partial charge on any atom is -0.470 e. The van der Waals surface area contributed by atoms with Crippen LogP contribution in [0.2, 0.25) is 0 Å². The molecule has 0 saturated heterocycles. The van der Waals surface area contributed by atoms with E-state index in [1.165, 1.54) is 6.20 Å². The minimum absolute atomic E-state index is 0.186. The largest absolute Gasteiger partial charge is 0.470 e. The van der Waals surface area contributed by atoms with Crippen LogP contribution in [0.4, 0.5) is 0 Å². The molecule has 0 amide bonds. The summed E-state index contributed by atoms with van der Waals surface area (Å²) in [6.07, 6.45) is 3.41. The number of allylic oxidation sites excluding steroid dienone is 1. The first kappa shape index (κ1) is 15.8. The van der Waals surface area contributed by atoms with Gasteiger partial charge in [-0.05, 0) is 12.5 Å². The van der Waals surface area contributed by atoms with Gasteiger partial charge in [-0.25, -0.2) is 4.79 Å². The number of nitroso groups, excluding NO2 is 1. The molecule has 8 heteroatoms. The summed E-state index contributed by atoms with van der Waals surface area (Å²) in [6.45, 7) is 1.28. The molecule has 1 heterocycles. The Morgan fingerprint density at radius 1 is 1.60 bits per heavy atom. The number of unbranched alkanes of at least 4 members (excludes halogenated alkanes) is 1. The van der Waals surface area contributed by atoms with Crippen molar-refractivity contribution in [1.29, 1.82) is 0 Å². The molecule has 1 aromatic rings. The van der Waals surface area contributed by atoms with Gasteiger partial charge in [0.2, 0.25) is 6.23 Å². The van der Waals surface area contributed by atoms with E-state index in [4.69, 9.17) is 4.74 Å². The van der Waals surface area contributed by atoms with Gasteiger partial charge >= 0.3 is 5.69 Å². The average molecular weight is 283 g/mol. The van der Waals surface area contributed by atoms with Gasteiger partial charge in [-0.2, -0.15) is 4.91 Å². The lowest BCUT2D eigenvalue weighted by molar-refractivity contribution is 0.00244. The summed E-state index contributed by atoms with van der Waals surface area (Å²) in [5.41, 5.74) is -1.25. The van der Waals surface area contributed by atoms with Crippen LogP contribution in [0.5, 0.6) is 0 Å². The van der Waals surface area contributed by atoms with Gasteiger partial charge in [-0.3, -0.25) is 14.3 Å². The van der Waals surface area contributed by atoms with E-state index in [1.54, 1.807) is 6.08 Å². The number of aliphatic hydroxyl groups excluding tert-OH is 1. The Labute approximate surface area is 114 Å². The molecule has 2 N–H and O–H groups in total. The molecule has 1 aromatic heterocycles. The molecule has 1 atom stereocenters. The Morgan fingerprint density at radius 2 is 2.35 bits per heavy atom. The van der Waals surface area contributed by atoms with Crippen LogP contribution >= 0.6 is 0 Å². The Hall–Kier alpha value is -2.22. The van der Waals surface area contributed by atoms with Gasteiger partial charge in [0.05, 0.1) is 6.61 Å². The summed E-state index contributed by atoms with van der Waals surface area (Å²) in [7, 11) is 0. The molecule has 0 aromatic carbocycles. The standard InChI is InChI=1S/C12H17N3O5/c1-2-3-4-9(7-13-19)20-11(8-16)15-6-5-10(17)14-12(15)18/h4-6,11,16H,2-3,7-8H2,1H3,(H,14,17,18)/b9-4-/t11-/m1/s1. The zero-order valence-corrected chi connectivity index (χ0v) is 11.1. The monoisotopic (exact) mass is 283 g/mol. The predicted octanol–water partition coefficient (Wildman–Crippen LogP) is 0.494. The highest BCUT2D eigenvalue weighted by Gasteiger charge is 2.14. The summed E-state index contributed by atoms with van der Waals surface area (Å²) in [5, 5.41) is 12.0. The maximum atomic E-state index is 11.6. The lowest BCUT2D eigenvalue weighted by atomic mass is 10.3. The molecule has 0 fully saturated rings. The molecular formula is C12H17N3O5. The van der Waals surface area contributed by atoms with E-state index in [0.717, 1.165) is 17.1 Å². The minimum atomic E-state index is -1.02. The number of hydrogen-bond donors (Lipinski definition) is 2. The summed E-state index contributed by atoms with van der Waals surface area (Å²) in [4.78, 5) is 35.0. The van der Waals surface area contributed by atoms with Crippen LogP contribution in [0, 0.1) is 4.91 Å². The summed E-state index contributed by atoms with van der Waals surface area (Å²) < 4.78 is 6.44. The zero-order chi connectivity index (χ0) is 15.0. The third-order valence-electron chi connectivity index (χ3n) is 2.49. The quantitative estimate of drug-likeness (QED) is 0.532. The predicted molar refractivity (Wildman–Crippen MR) is 72.2 cm³/mol. The van der Waals surface area contributed by atoms with Crippen LogP contribution in [-0.2, 0) is 4.74 Å². The topological polar surface area (TPSA) is 114 Å². The van der Waals surface area contributed by atoms with Gasteiger partial charge in [0.1, 0.15) is 12.3 Å². The first-order valence-electron chi connectivity index (χ1n) is 6.19. The van der Waals surface area contributed by atoms with Crippen molar-refractivity contribution in [3.63, 3.8) is 0 Å². The Morgan fingerprint density at radius 3 is 2.90 bits per heavy atom. The second-order valence-electron chi connectivity index (χ2n) is 4.02. The number of aromatic nitrogens is 2. The molecule has 110 valence electrons. The number of H-pyrrole nitrogens is 1. The van der Waals surface area contributed by atoms with Crippen LogP contribution in [0.25, 0.3) is 0 Å². The summed E-state index contributed by atoms with van der Waals surface area (Å²) >= 11 is 0. The molecule has 0 radical (unpaired) electrons. The van der Waals surface area contributed by atoms with Gasteiger partial charge < -0.3 is 9.84 Å². The smallest absolute Gasteiger partial charge is 0.331 e. The second-order valence-corrected chi connectivity index (χ2v) is 4.02. The number of aliphatic hydroxyl groups is 1. The Bertz CT molecular complexity index is 575. The molecule has 20 heavy (non-hydrogen) atoms. The van der Waals surface area contributed by atoms with Crippen LogP contribution in [0.1, 0.15) is 26.0 Å². The lowest BCUT2D eigenvalue weighted by Crippen LogP contribution is -2.34. The first-order valence-corrected chi connectivity index (χ1v) is 6.19. The highest BCUT2D eigenvalue weighted by Crippen LogP contribution is 2.12. The molecule has 0 aliphatic rings. The van der Waals surface area contributed by atoms with Gasteiger partial charge in [-0.15, -0.1) is 0 Å². The summed E-state index contributed by atoms with van der Waals surface area (Å²) in [6, 6.07) is 1.14. The van der Waals surface area contributed by atoms with E-state index < -0.39 is 24.1 Å². The van der Waals surface area contributed by atoms with Crippen molar-refractivity contribution >= 4 is 0 Å². The number of aromatic amines is 1. The number of nitrogens with one attached hydrogen (secondary N) is 1. The van der Waals surface area contributed by atoms with E-state index in [1.807, 2.05) is 6.92 Å². The number of rotatable bonds is 8. The van der Waals surface area contributed by atoms with E-state index >= 15 is 0 Å². The average Bonchev–Trinajstić information content (AvgIpc) is 2.42. The maximum Gasteiger partial charge on any atom is 0.331 e. The number of ether oxygens (including phenoxy) is 1. The van der Waals surface area contributed by atoms with Crippen molar-refractivity contribution in [1.82, 2.24) is 9.55 Å². The first-order chi connectivity index (χ1) is 9.62. The fraction of sp³-hybridized carbons (Fsp3) is 0.500. The Kier molecular flexibility index (Phi) is 6.38. The van der Waals surface area contributed by atoms with E-state index in [0.29, 0.717) is 6.42 Å². The second kappa shape index (κ2) is 8.05. The molecule has 1 rings (SSSR count). The van der Waals surface area contributed by atoms with Crippen molar-refractivity contribution in [2.24, 2.45) is 5.18 Å². The van der Waals surface area contributed by atoms with Gasteiger partial charge in [0, 0.05) is 12.3 Å². The van der Waals surface area contributed by atoms with Gasteiger partial charge in [0.15, 0.2) is 0 Å². The molecule has 0 spiro atoms. The van der Waals surface area contributed by atoms with Crippen molar-refractivity contribution in [3.8, 4) is 0 Å². The molecule has 8 nitrogen and oxygen atoms in total. The van der Waals surface area contributed by atoms with Crippen LogP contribution in [0.15, 0.2) is 38.9 Å². The van der Waals surface area contributed by atoms with Crippen LogP contribution < -0.4 is 11.2 Å². The highest BCUT2D eigenvalue weighted by atomic mass is 16.5. The molecular weight excluding hydrogens is 266 g/mol.